The van der Waals surface area contributed by atoms with Gasteiger partial charge in [-0.25, -0.2) is 4.39 Å². The van der Waals surface area contributed by atoms with Gasteiger partial charge in [-0.2, -0.15) is 0 Å². The third-order valence-electron chi connectivity index (χ3n) is 4.30. The van der Waals surface area contributed by atoms with E-state index in [1.807, 2.05) is 6.92 Å². The molecule has 176 valence electrons. The number of nitrogens with zero attached hydrogens (tertiary/aromatic N) is 1. The van der Waals surface area contributed by atoms with Crippen molar-refractivity contribution in [2.45, 2.75) is 16.7 Å². The molecule has 11 heteroatoms. The minimum Gasteiger partial charge on any atom is -0.490 e. The number of rotatable bonds is 9. The number of hydrogen-bond acceptors (Lipinski definition) is 7. The lowest BCUT2D eigenvalue weighted by Gasteiger charge is -2.13. The minimum absolute atomic E-state index is 0.106. The molecule has 2 amide bonds. The van der Waals surface area contributed by atoms with Crippen LogP contribution in [-0.4, -0.2) is 30.0 Å². The summed E-state index contributed by atoms with van der Waals surface area (Å²) >= 11 is 0.928. The second-order valence-electron chi connectivity index (χ2n) is 6.64. The number of hydrogen-bond donors (Lipinski definition) is 2. The first kappa shape index (κ1) is 24.5. The number of nitrogens with one attached hydrogen (secondary N) is 2. The van der Waals surface area contributed by atoms with Crippen molar-refractivity contribution >= 4 is 29.3 Å². The zero-order valence-corrected chi connectivity index (χ0v) is 18.8. The molecule has 0 radical (unpaired) electrons. The maximum atomic E-state index is 14.1. The second-order valence-corrected chi connectivity index (χ2v) is 7.72. The number of ether oxygens (including phenoxy) is 2. The highest BCUT2D eigenvalue weighted by Gasteiger charge is 2.19. The van der Waals surface area contributed by atoms with Crippen LogP contribution in [0.15, 0.2) is 76.5 Å². The molecule has 3 rings (SSSR count). The lowest BCUT2D eigenvalue weighted by Crippen LogP contribution is -2.44. The quantitative estimate of drug-likeness (QED) is 0.345. The molecule has 0 saturated heterocycles. The topological polar surface area (TPSA) is 120 Å². The third-order valence-corrected chi connectivity index (χ3v) is 5.43. The molecule has 9 nitrogen and oxygen atoms in total. The van der Waals surface area contributed by atoms with Crippen LogP contribution in [0.5, 0.6) is 11.5 Å². The van der Waals surface area contributed by atoms with Gasteiger partial charge in [0.2, 0.25) is 0 Å². The molecule has 2 N–H and O–H groups in total. The molecule has 0 atom stereocenters. The van der Waals surface area contributed by atoms with Crippen LogP contribution in [0, 0.1) is 15.9 Å². The van der Waals surface area contributed by atoms with E-state index in [1.165, 1.54) is 30.3 Å². The number of nitro groups is 1. The normalized spacial score (nSPS) is 10.3. The van der Waals surface area contributed by atoms with E-state index in [9.17, 15) is 24.1 Å². The maximum absolute atomic E-state index is 14.1. The Bertz CT molecular complexity index is 1210. The predicted molar refractivity (Wildman–Crippen MR) is 122 cm³/mol. The van der Waals surface area contributed by atoms with Crippen LogP contribution in [-0.2, 0) is 4.79 Å². The van der Waals surface area contributed by atoms with E-state index in [-0.39, 0.29) is 21.0 Å². The summed E-state index contributed by atoms with van der Waals surface area (Å²) in [7, 11) is 0. The van der Waals surface area contributed by atoms with E-state index in [1.54, 1.807) is 30.3 Å². The number of amides is 2. The van der Waals surface area contributed by atoms with Gasteiger partial charge in [0.25, 0.3) is 17.5 Å². The fraction of sp³-hybridized carbons (Fsp3) is 0.130. The van der Waals surface area contributed by atoms with Crippen molar-refractivity contribution in [3.8, 4) is 11.5 Å². The Morgan fingerprint density at radius 1 is 0.971 bits per heavy atom. The lowest BCUT2D eigenvalue weighted by molar-refractivity contribution is -0.384. The summed E-state index contributed by atoms with van der Waals surface area (Å²) in [6.07, 6.45) is 0. The SMILES string of the molecule is CCOc1ccccc1OCC(=O)NNC(=O)c1cc([N+](=O)[O-])ccc1Sc1ccccc1F. The minimum atomic E-state index is -0.814. The van der Waals surface area contributed by atoms with Crippen LogP contribution >= 0.6 is 11.8 Å². The van der Waals surface area contributed by atoms with Crippen LogP contribution in [0.1, 0.15) is 17.3 Å². The Hall–Kier alpha value is -4.12. The number of carbonyl (C=O) groups is 2. The van der Waals surface area contributed by atoms with Gasteiger partial charge in [0, 0.05) is 21.9 Å². The second kappa shape index (κ2) is 11.7. The van der Waals surface area contributed by atoms with E-state index in [0.29, 0.717) is 18.1 Å². The molecule has 3 aromatic carbocycles. The average molecular weight is 485 g/mol. The predicted octanol–water partition coefficient (Wildman–Crippen LogP) is 4.12. The number of hydrazine groups is 1. The molecule has 0 aromatic heterocycles. The van der Waals surface area contributed by atoms with Crippen LogP contribution < -0.4 is 20.3 Å². The van der Waals surface area contributed by atoms with Gasteiger partial charge < -0.3 is 9.47 Å². The lowest BCUT2D eigenvalue weighted by atomic mass is 10.2. The van der Waals surface area contributed by atoms with E-state index in [0.717, 1.165) is 17.8 Å². The molecule has 0 aliphatic carbocycles. The van der Waals surface area contributed by atoms with Gasteiger partial charge in [0.15, 0.2) is 18.1 Å². The summed E-state index contributed by atoms with van der Waals surface area (Å²) in [5, 5.41) is 11.2. The highest BCUT2D eigenvalue weighted by Crippen LogP contribution is 2.34. The van der Waals surface area contributed by atoms with Crippen LogP contribution in [0.4, 0.5) is 10.1 Å². The highest BCUT2D eigenvalue weighted by molar-refractivity contribution is 7.99. The molecule has 3 aromatic rings. The van der Waals surface area contributed by atoms with Crippen LogP contribution in [0.25, 0.3) is 0 Å². The van der Waals surface area contributed by atoms with Crippen molar-refractivity contribution in [3.63, 3.8) is 0 Å². The Labute approximate surface area is 198 Å². The molecule has 0 fully saturated rings. The smallest absolute Gasteiger partial charge is 0.276 e. The Morgan fingerprint density at radius 2 is 1.65 bits per heavy atom. The van der Waals surface area contributed by atoms with Crippen molar-refractivity contribution < 1.29 is 28.4 Å². The van der Waals surface area contributed by atoms with Crippen molar-refractivity contribution in [2.24, 2.45) is 0 Å². The largest absolute Gasteiger partial charge is 0.490 e. The monoisotopic (exact) mass is 485 g/mol. The molecule has 0 heterocycles. The van der Waals surface area contributed by atoms with Gasteiger partial charge >= 0.3 is 0 Å². The molecular formula is C23H20FN3O6S. The van der Waals surface area contributed by atoms with Crippen LogP contribution in [0.3, 0.4) is 0 Å². The van der Waals surface area contributed by atoms with Gasteiger partial charge in [0.05, 0.1) is 17.1 Å². The average Bonchev–Trinajstić information content (AvgIpc) is 2.83. The number of halogens is 1. The van der Waals surface area contributed by atoms with Gasteiger partial charge in [0.1, 0.15) is 5.82 Å². The molecule has 0 spiro atoms. The first-order chi connectivity index (χ1) is 16.4. The van der Waals surface area contributed by atoms with E-state index < -0.39 is 29.2 Å². The van der Waals surface area contributed by atoms with Crippen molar-refractivity contribution in [1.82, 2.24) is 10.9 Å². The third kappa shape index (κ3) is 6.45. The maximum Gasteiger partial charge on any atom is 0.276 e. The fourth-order valence-corrected chi connectivity index (χ4v) is 3.71. The van der Waals surface area contributed by atoms with E-state index in [2.05, 4.69) is 10.9 Å². The molecular weight excluding hydrogens is 465 g/mol. The zero-order valence-electron chi connectivity index (χ0n) is 17.9. The summed E-state index contributed by atoms with van der Waals surface area (Å²) < 4.78 is 24.9. The summed E-state index contributed by atoms with van der Waals surface area (Å²) in [6, 6.07) is 16.3. The molecule has 0 aliphatic rings. The van der Waals surface area contributed by atoms with Gasteiger partial charge in [-0.15, -0.1) is 0 Å². The first-order valence-corrected chi connectivity index (χ1v) is 10.8. The molecule has 34 heavy (non-hydrogen) atoms. The summed E-state index contributed by atoms with van der Waals surface area (Å²) in [5.41, 5.74) is 3.96. The van der Waals surface area contributed by atoms with Gasteiger partial charge in [-0.3, -0.25) is 30.6 Å². The Balaban J connectivity index is 1.68. The number of carbonyl (C=O) groups excluding carboxylic acids is 2. The molecule has 0 saturated carbocycles. The first-order valence-electron chi connectivity index (χ1n) is 10.0. The highest BCUT2D eigenvalue weighted by atomic mass is 32.2. The summed E-state index contributed by atoms with van der Waals surface area (Å²) in [5.74, 6) is -1.17. The number of nitro benzene ring substituents is 1. The molecule has 0 bridgehead atoms. The van der Waals surface area contributed by atoms with Crippen LogP contribution in [0.2, 0.25) is 0 Å². The molecule has 0 aliphatic heterocycles. The van der Waals surface area contributed by atoms with Crippen molar-refractivity contribution in [2.75, 3.05) is 13.2 Å². The summed E-state index contributed by atoms with van der Waals surface area (Å²) in [6.45, 7) is 1.81. The number of benzene rings is 3. The summed E-state index contributed by atoms with van der Waals surface area (Å²) in [4.78, 5) is 35.9. The standard InChI is InChI=1S/C23H20FN3O6S/c1-2-32-18-8-4-5-9-19(18)33-14-22(28)25-26-23(29)16-13-15(27(30)31)11-12-20(16)34-21-10-6-3-7-17(21)24/h3-13H,2,14H2,1H3,(H,25,28)(H,26,29). The number of non-ortho nitro benzene ring substituents is 1. The van der Waals surface area contributed by atoms with Gasteiger partial charge in [-0.05, 0) is 37.3 Å². The Morgan fingerprint density at radius 3 is 2.32 bits per heavy atom. The van der Waals surface area contributed by atoms with E-state index in [4.69, 9.17) is 9.47 Å². The number of para-hydroxylation sites is 2. The van der Waals surface area contributed by atoms with Gasteiger partial charge in [-0.1, -0.05) is 36.0 Å². The molecule has 0 unspecified atom stereocenters. The van der Waals surface area contributed by atoms with Crippen molar-refractivity contribution in [1.29, 1.82) is 0 Å². The van der Waals surface area contributed by atoms with E-state index >= 15 is 0 Å². The van der Waals surface area contributed by atoms with Crippen molar-refractivity contribution in [3.05, 3.63) is 88.2 Å². The Kier molecular flexibility index (Phi) is 8.41. The zero-order chi connectivity index (χ0) is 24.5. The fourth-order valence-electron chi connectivity index (χ4n) is 2.76.